The number of rotatable bonds is 3. The van der Waals surface area contributed by atoms with Crippen molar-refractivity contribution in [2.24, 2.45) is 11.8 Å². The largest absolute Gasteiger partial charge is 0.383 e. The molecule has 4 rings (SSSR count). The molecule has 2 heterocycles. The summed E-state index contributed by atoms with van der Waals surface area (Å²) in [4.78, 5) is 6.88. The summed E-state index contributed by atoms with van der Waals surface area (Å²) in [6, 6.07) is 9.64. The van der Waals surface area contributed by atoms with Gasteiger partial charge in [0.15, 0.2) is 0 Å². The van der Waals surface area contributed by atoms with Gasteiger partial charge in [0.25, 0.3) is 0 Å². The zero-order chi connectivity index (χ0) is 17.6. The fourth-order valence-corrected chi connectivity index (χ4v) is 4.98. The molecule has 1 N–H and O–H groups in total. The van der Waals surface area contributed by atoms with Crippen LogP contribution in [-0.2, 0) is 12.1 Å². The van der Waals surface area contributed by atoms with Crippen molar-refractivity contribution in [1.82, 2.24) is 9.88 Å². The molecule has 0 bridgehead atoms. The van der Waals surface area contributed by atoms with E-state index in [0.29, 0.717) is 16.0 Å². The van der Waals surface area contributed by atoms with Crippen LogP contribution in [0, 0.1) is 18.8 Å². The van der Waals surface area contributed by atoms with Crippen molar-refractivity contribution in [2.45, 2.75) is 31.9 Å². The average molecular weight is 377 g/mol. The third-order valence-electron chi connectivity index (χ3n) is 5.82. The van der Waals surface area contributed by atoms with Crippen LogP contribution >= 0.6 is 23.2 Å². The Balaban J connectivity index is 1.54. The number of pyridine rings is 1. The first-order valence-corrected chi connectivity index (χ1v) is 9.54. The van der Waals surface area contributed by atoms with E-state index in [1.807, 2.05) is 43.5 Å². The molecule has 3 atom stereocenters. The lowest BCUT2D eigenvalue weighted by Gasteiger charge is -2.30. The van der Waals surface area contributed by atoms with Gasteiger partial charge in [-0.15, -0.1) is 0 Å². The maximum absolute atomic E-state index is 11.4. The molecule has 3 nitrogen and oxygen atoms in total. The summed E-state index contributed by atoms with van der Waals surface area (Å²) in [7, 11) is 0. The van der Waals surface area contributed by atoms with Crippen LogP contribution in [0.4, 0.5) is 0 Å². The molecule has 1 aliphatic carbocycles. The number of fused-ring (bicyclic) bond motifs is 1. The van der Waals surface area contributed by atoms with Crippen LogP contribution in [0.25, 0.3) is 0 Å². The molecule has 1 saturated heterocycles. The molecular weight excluding hydrogens is 355 g/mol. The summed E-state index contributed by atoms with van der Waals surface area (Å²) in [6.45, 7) is 4.56. The van der Waals surface area contributed by atoms with Gasteiger partial charge in [0.05, 0.1) is 5.69 Å². The summed E-state index contributed by atoms with van der Waals surface area (Å²) >= 11 is 12.6. The molecule has 2 aliphatic rings. The van der Waals surface area contributed by atoms with Crippen molar-refractivity contribution >= 4 is 23.2 Å². The number of hydrogen-bond donors (Lipinski definition) is 1. The van der Waals surface area contributed by atoms with Gasteiger partial charge in [0.1, 0.15) is 5.60 Å². The second-order valence-corrected chi connectivity index (χ2v) is 8.26. The van der Waals surface area contributed by atoms with Gasteiger partial charge in [-0.1, -0.05) is 35.3 Å². The van der Waals surface area contributed by atoms with E-state index in [9.17, 15) is 5.11 Å². The molecule has 1 aliphatic heterocycles. The standard InChI is InChI=1S/C20H22Cl2N2O/c1-13-5-6-19(23-9-13)20(25)8-7-14-10-24(12-16(14)20)11-15-17(21)3-2-4-18(15)22/h2-6,9,14,16,25H,7-8,10-12H2,1H3/t14-,16+,20-/m0/s1. The van der Waals surface area contributed by atoms with E-state index in [4.69, 9.17) is 23.2 Å². The normalized spacial score (nSPS) is 29.1. The van der Waals surface area contributed by atoms with Crippen LogP contribution < -0.4 is 0 Å². The number of nitrogens with zero attached hydrogens (tertiary/aromatic N) is 2. The molecule has 0 amide bonds. The highest BCUT2D eigenvalue weighted by Crippen LogP contribution is 2.50. The summed E-state index contributed by atoms with van der Waals surface area (Å²) in [5.41, 5.74) is 2.08. The minimum absolute atomic E-state index is 0.212. The lowest BCUT2D eigenvalue weighted by Crippen LogP contribution is -2.35. The van der Waals surface area contributed by atoms with Gasteiger partial charge in [-0.3, -0.25) is 9.88 Å². The summed E-state index contributed by atoms with van der Waals surface area (Å²) in [5, 5.41) is 12.8. The van der Waals surface area contributed by atoms with Crippen LogP contribution in [0.1, 0.15) is 29.7 Å². The van der Waals surface area contributed by atoms with Gasteiger partial charge in [-0.25, -0.2) is 0 Å². The van der Waals surface area contributed by atoms with E-state index in [1.165, 1.54) is 0 Å². The van der Waals surface area contributed by atoms with Gasteiger partial charge in [0.2, 0.25) is 0 Å². The Morgan fingerprint density at radius 1 is 1.20 bits per heavy atom. The van der Waals surface area contributed by atoms with E-state index in [-0.39, 0.29) is 5.92 Å². The molecule has 0 radical (unpaired) electrons. The zero-order valence-electron chi connectivity index (χ0n) is 14.3. The fraction of sp³-hybridized carbons (Fsp3) is 0.450. The molecule has 1 aromatic carbocycles. The quantitative estimate of drug-likeness (QED) is 0.860. The molecule has 2 fully saturated rings. The topological polar surface area (TPSA) is 36.4 Å². The smallest absolute Gasteiger partial charge is 0.111 e. The van der Waals surface area contributed by atoms with Gasteiger partial charge in [-0.05, 0) is 49.4 Å². The molecule has 132 valence electrons. The predicted octanol–water partition coefficient (Wildman–Crippen LogP) is 4.43. The average Bonchev–Trinajstić information content (AvgIpc) is 3.13. The second-order valence-electron chi connectivity index (χ2n) is 7.44. The highest BCUT2D eigenvalue weighted by Gasteiger charge is 2.53. The van der Waals surface area contributed by atoms with Crippen molar-refractivity contribution in [3.05, 3.63) is 63.4 Å². The third-order valence-corrected chi connectivity index (χ3v) is 6.53. The Morgan fingerprint density at radius 2 is 1.96 bits per heavy atom. The molecule has 1 aromatic heterocycles. The first-order valence-electron chi connectivity index (χ1n) is 8.78. The Kier molecular flexibility index (Phi) is 4.53. The summed E-state index contributed by atoms with van der Waals surface area (Å²) in [6.07, 6.45) is 3.67. The lowest BCUT2D eigenvalue weighted by molar-refractivity contribution is -0.0108. The van der Waals surface area contributed by atoms with Gasteiger partial charge in [0, 0.05) is 47.4 Å². The van der Waals surface area contributed by atoms with E-state index >= 15 is 0 Å². The Labute approximate surface area is 158 Å². The molecule has 25 heavy (non-hydrogen) atoms. The van der Waals surface area contributed by atoms with E-state index in [0.717, 1.165) is 49.3 Å². The number of aliphatic hydroxyl groups is 1. The summed E-state index contributed by atoms with van der Waals surface area (Å²) in [5.74, 6) is 0.707. The van der Waals surface area contributed by atoms with Gasteiger partial charge in [-0.2, -0.15) is 0 Å². The highest BCUT2D eigenvalue weighted by atomic mass is 35.5. The van der Waals surface area contributed by atoms with Crippen molar-refractivity contribution < 1.29 is 5.11 Å². The van der Waals surface area contributed by atoms with Crippen molar-refractivity contribution in [3.63, 3.8) is 0 Å². The molecule has 1 saturated carbocycles. The van der Waals surface area contributed by atoms with Crippen LogP contribution in [0.5, 0.6) is 0 Å². The first-order chi connectivity index (χ1) is 12.0. The molecule has 0 spiro atoms. The molecule has 5 heteroatoms. The minimum Gasteiger partial charge on any atom is -0.383 e. The van der Waals surface area contributed by atoms with Crippen molar-refractivity contribution in [2.75, 3.05) is 13.1 Å². The Morgan fingerprint density at radius 3 is 2.64 bits per heavy atom. The van der Waals surface area contributed by atoms with Gasteiger partial charge < -0.3 is 5.11 Å². The minimum atomic E-state index is -0.822. The predicted molar refractivity (Wildman–Crippen MR) is 101 cm³/mol. The van der Waals surface area contributed by atoms with Crippen molar-refractivity contribution in [3.8, 4) is 0 Å². The maximum atomic E-state index is 11.4. The van der Waals surface area contributed by atoms with Crippen LogP contribution in [0.2, 0.25) is 10.0 Å². The number of halogens is 2. The van der Waals surface area contributed by atoms with Gasteiger partial charge >= 0.3 is 0 Å². The van der Waals surface area contributed by atoms with Crippen molar-refractivity contribution in [1.29, 1.82) is 0 Å². The second kappa shape index (κ2) is 6.55. The number of hydrogen-bond acceptors (Lipinski definition) is 3. The zero-order valence-corrected chi connectivity index (χ0v) is 15.8. The molecule has 2 aromatic rings. The fourth-order valence-electron chi connectivity index (χ4n) is 4.46. The van der Waals surface area contributed by atoms with Crippen LogP contribution in [0.15, 0.2) is 36.5 Å². The number of aryl methyl sites for hydroxylation is 1. The van der Waals surface area contributed by atoms with Crippen LogP contribution in [-0.4, -0.2) is 28.1 Å². The molecular formula is C20H22Cl2N2O. The van der Waals surface area contributed by atoms with Crippen LogP contribution in [0.3, 0.4) is 0 Å². The Hall–Kier alpha value is -1.13. The number of benzene rings is 1. The monoisotopic (exact) mass is 376 g/mol. The number of aromatic nitrogens is 1. The highest BCUT2D eigenvalue weighted by molar-refractivity contribution is 6.35. The summed E-state index contributed by atoms with van der Waals surface area (Å²) < 4.78 is 0. The van der Waals surface area contributed by atoms with E-state index in [1.54, 1.807) is 0 Å². The number of likely N-dealkylation sites (tertiary alicyclic amines) is 1. The first kappa shape index (κ1) is 17.3. The lowest BCUT2D eigenvalue weighted by atomic mass is 9.85. The van der Waals surface area contributed by atoms with E-state index in [2.05, 4.69) is 9.88 Å². The van der Waals surface area contributed by atoms with E-state index < -0.39 is 5.60 Å². The third kappa shape index (κ3) is 3.08. The SMILES string of the molecule is Cc1ccc([C@]2(O)CC[C@H]3CN(Cc4c(Cl)cccc4Cl)C[C@H]32)nc1. The molecule has 0 unspecified atom stereocenters. The Bertz CT molecular complexity index is 760. The maximum Gasteiger partial charge on any atom is 0.111 e.